The zero-order chi connectivity index (χ0) is 14.4. The van der Waals surface area contributed by atoms with Crippen LogP contribution in [-0.2, 0) is 6.42 Å². The molecule has 0 saturated carbocycles. The van der Waals surface area contributed by atoms with Gasteiger partial charge in [-0.2, -0.15) is 0 Å². The van der Waals surface area contributed by atoms with Gasteiger partial charge in [-0.1, -0.05) is 12.1 Å². The molecule has 2 aromatic rings. The summed E-state index contributed by atoms with van der Waals surface area (Å²) in [6, 6.07) is 11.3. The molecule has 1 aromatic heterocycles. The van der Waals surface area contributed by atoms with Gasteiger partial charge < -0.3 is 11.1 Å². The Bertz CT molecular complexity index is 596. The highest BCUT2D eigenvalue weighted by Crippen LogP contribution is 2.13. The van der Waals surface area contributed by atoms with Crippen LogP contribution in [0.4, 0.5) is 5.69 Å². The highest BCUT2D eigenvalue weighted by molar-refractivity contribution is 6.04. The van der Waals surface area contributed by atoms with Crippen LogP contribution < -0.4 is 11.1 Å². The van der Waals surface area contributed by atoms with Crippen LogP contribution in [-0.4, -0.2) is 17.4 Å². The average molecular weight is 269 g/mol. The van der Waals surface area contributed by atoms with Gasteiger partial charge in [0.25, 0.3) is 5.91 Å². The van der Waals surface area contributed by atoms with Gasteiger partial charge in [0.2, 0.25) is 0 Å². The Hall–Kier alpha value is -2.20. The predicted octanol–water partition coefficient (Wildman–Crippen LogP) is 2.53. The quantitative estimate of drug-likeness (QED) is 0.876. The number of anilines is 1. The molecule has 1 amide bonds. The van der Waals surface area contributed by atoms with E-state index >= 15 is 0 Å². The van der Waals surface area contributed by atoms with E-state index in [1.54, 1.807) is 18.3 Å². The Morgan fingerprint density at radius 1 is 1.30 bits per heavy atom. The molecule has 1 heterocycles. The number of carbonyl (C=O) groups is 1. The topological polar surface area (TPSA) is 68.0 Å². The molecule has 2 rings (SSSR count). The summed E-state index contributed by atoms with van der Waals surface area (Å²) in [6.07, 6.45) is 3.51. The molecule has 0 fully saturated rings. The van der Waals surface area contributed by atoms with E-state index in [0.29, 0.717) is 12.1 Å². The van der Waals surface area contributed by atoms with E-state index < -0.39 is 0 Å². The van der Waals surface area contributed by atoms with E-state index in [0.717, 1.165) is 24.2 Å². The van der Waals surface area contributed by atoms with Crippen LogP contribution in [0.1, 0.15) is 28.0 Å². The van der Waals surface area contributed by atoms with Crippen molar-refractivity contribution >= 4 is 11.6 Å². The molecule has 0 aliphatic heterocycles. The van der Waals surface area contributed by atoms with Crippen molar-refractivity contribution in [3.05, 3.63) is 59.4 Å². The second-order valence-electron chi connectivity index (χ2n) is 4.73. The molecule has 3 N–H and O–H groups in total. The van der Waals surface area contributed by atoms with E-state index in [4.69, 9.17) is 5.73 Å². The van der Waals surface area contributed by atoms with Crippen molar-refractivity contribution in [2.24, 2.45) is 5.73 Å². The van der Waals surface area contributed by atoms with Crippen LogP contribution >= 0.6 is 0 Å². The number of aryl methyl sites for hydroxylation is 2. The second-order valence-corrected chi connectivity index (χ2v) is 4.73. The summed E-state index contributed by atoms with van der Waals surface area (Å²) in [5.74, 6) is -0.119. The van der Waals surface area contributed by atoms with E-state index in [-0.39, 0.29) is 5.91 Å². The molecule has 0 spiro atoms. The summed E-state index contributed by atoms with van der Waals surface area (Å²) in [5.41, 5.74) is 8.94. The fourth-order valence-corrected chi connectivity index (χ4v) is 2.00. The lowest BCUT2D eigenvalue weighted by atomic mass is 10.1. The summed E-state index contributed by atoms with van der Waals surface area (Å²) in [6.45, 7) is 2.54. The van der Waals surface area contributed by atoms with Gasteiger partial charge in [-0.05, 0) is 56.1 Å². The summed E-state index contributed by atoms with van der Waals surface area (Å²) in [5, 5.41) is 2.90. The van der Waals surface area contributed by atoms with Crippen LogP contribution in [0.25, 0.3) is 0 Å². The molecule has 0 saturated heterocycles. The van der Waals surface area contributed by atoms with E-state index in [1.807, 2.05) is 31.2 Å². The molecule has 1 aromatic carbocycles. The highest BCUT2D eigenvalue weighted by atomic mass is 16.1. The van der Waals surface area contributed by atoms with Crippen LogP contribution in [0.2, 0.25) is 0 Å². The maximum atomic E-state index is 12.1. The first-order valence-corrected chi connectivity index (χ1v) is 6.72. The SMILES string of the molecule is Cc1cc(C(=O)Nc2cccc(CCCN)c2)ccn1. The second kappa shape index (κ2) is 6.82. The first-order valence-electron chi connectivity index (χ1n) is 6.72. The third kappa shape index (κ3) is 3.90. The Morgan fingerprint density at radius 3 is 2.90 bits per heavy atom. The largest absolute Gasteiger partial charge is 0.330 e. The van der Waals surface area contributed by atoms with Crippen molar-refractivity contribution in [3.8, 4) is 0 Å². The summed E-state index contributed by atoms with van der Waals surface area (Å²) in [4.78, 5) is 16.2. The zero-order valence-corrected chi connectivity index (χ0v) is 11.6. The first-order chi connectivity index (χ1) is 9.69. The number of nitrogens with zero attached hydrogens (tertiary/aromatic N) is 1. The van der Waals surface area contributed by atoms with Crippen molar-refractivity contribution in [1.82, 2.24) is 4.98 Å². The molecule has 0 radical (unpaired) electrons. The standard InChI is InChI=1S/C16H19N3O/c1-12-10-14(7-9-18-12)16(20)19-15-6-2-4-13(11-15)5-3-8-17/h2,4,6-7,9-11H,3,5,8,17H2,1H3,(H,19,20). The number of pyridine rings is 1. The Labute approximate surface area is 119 Å². The number of nitrogens with two attached hydrogens (primary N) is 1. The minimum atomic E-state index is -0.119. The number of amides is 1. The van der Waals surface area contributed by atoms with Crippen LogP contribution in [0.3, 0.4) is 0 Å². The van der Waals surface area contributed by atoms with Gasteiger partial charge in [0, 0.05) is 23.1 Å². The van der Waals surface area contributed by atoms with Gasteiger partial charge in [0.05, 0.1) is 0 Å². The molecule has 4 nitrogen and oxygen atoms in total. The van der Waals surface area contributed by atoms with Gasteiger partial charge in [-0.3, -0.25) is 9.78 Å². The van der Waals surface area contributed by atoms with E-state index in [9.17, 15) is 4.79 Å². The van der Waals surface area contributed by atoms with Crippen molar-refractivity contribution in [1.29, 1.82) is 0 Å². The lowest BCUT2D eigenvalue weighted by Crippen LogP contribution is -2.12. The molecule has 0 unspecified atom stereocenters. The van der Waals surface area contributed by atoms with Crippen LogP contribution in [0, 0.1) is 6.92 Å². The van der Waals surface area contributed by atoms with E-state index in [1.165, 1.54) is 5.56 Å². The molecule has 0 aliphatic carbocycles. The normalized spacial score (nSPS) is 10.3. The monoisotopic (exact) mass is 269 g/mol. The van der Waals surface area contributed by atoms with Gasteiger partial charge in [-0.15, -0.1) is 0 Å². The number of hydrogen-bond donors (Lipinski definition) is 2. The van der Waals surface area contributed by atoms with Crippen molar-refractivity contribution in [2.75, 3.05) is 11.9 Å². The lowest BCUT2D eigenvalue weighted by Gasteiger charge is -2.07. The van der Waals surface area contributed by atoms with E-state index in [2.05, 4.69) is 10.3 Å². The van der Waals surface area contributed by atoms with Gasteiger partial charge in [-0.25, -0.2) is 0 Å². The molecule has 0 bridgehead atoms. The fourth-order valence-electron chi connectivity index (χ4n) is 2.00. The molecule has 104 valence electrons. The number of aromatic nitrogens is 1. The molecule has 20 heavy (non-hydrogen) atoms. The number of nitrogens with one attached hydrogen (secondary N) is 1. The molecule has 4 heteroatoms. The predicted molar refractivity (Wildman–Crippen MR) is 80.7 cm³/mol. The van der Waals surface area contributed by atoms with Crippen molar-refractivity contribution in [2.45, 2.75) is 19.8 Å². The van der Waals surface area contributed by atoms with Gasteiger partial charge in [0.1, 0.15) is 0 Å². The number of carbonyl (C=O) groups excluding carboxylic acids is 1. The van der Waals surface area contributed by atoms with Crippen LogP contribution in [0.15, 0.2) is 42.6 Å². The molecular weight excluding hydrogens is 250 g/mol. The average Bonchev–Trinajstić information content (AvgIpc) is 2.45. The molecular formula is C16H19N3O. The van der Waals surface area contributed by atoms with Crippen molar-refractivity contribution < 1.29 is 4.79 Å². The third-order valence-electron chi connectivity index (χ3n) is 3.01. The number of rotatable bonds is 5. The minimum absolute atomic E-state index is 0.119. The number of hydrogen-bond acceptors (Lipinski definition) is 3. The van der Waals surface area contributed by atoms with Gasteiger partial charge in [0.15, 0.2) is 0 Å². The third-order valence-corrected chi connectivity index (χ3v) is 3.01. The maximum absolute atomic E-state index is 12.1. The Balaban J connectivity index is 2.07. The minimum Gasteiger partial charge on any atom is -0.330 e. The van der Waals surface area contributed by atoms with Crippen LogP contribution in [0.5, 0.6) is 0 Å². The smallest absolute Gasteiger partial charge is 0.255 e. The fraction of sp³-hybridized carbons (Fsp3) is 0.250. The number of benzene rings is 1. The molecule has 0 atom stereocenters. The maximum Gasteiger partial charge on any atom is 0.255 e. The summed E-state index contributed by atoms with van der Waals surface area (Å²) < 4.78 is 0. The highest BCUT2D eigenvalue weighted by Gasteiger charge is 2.06. The lowest BCUT2D eigenvalue weighted by molar-refractivity contribution is 0.102. The molecule has 0 aliphatic rings. The first kappa shape index (κ1) is 14.2. The summed E-state index contributed by atoms with van der Waals surface area (Å²) >= 11 is 0. The van der Waals surface area contributed by atoms with Gasteiger partial charge >= 0.3 is 0 Å². The zero-order valence-electron chi connectivity index (χ0n) is 11.6. The van der Waals surface area contributed by atoms with Crippen molar-refractivity contribution in [3.63, 3.8) is 0 Å². The Kier molecular flexibility index (Phi) is 4.85. The Morgan fingerprint density at radius 2 is 2.15 bits per heavy atom. The summed E-state index contributed by atoms with van der Waals surface area (Å²) in [7, 11) is 0.